The molecule has 0 aliphatic rings. The molecule has 0 aromatic heterocycles. The first-order chi connectivity index (χ1) is 11.6. The lowest BCUT2D eigenvalue weighted by Gasteiger charge is -2.07. The molecule has 0 aliphatic carbocycles. The second kappa shape index (κ2) is 8.54. The van der Waals surface area contributed by atoms with E-state index in [0.29, 0.717) is 6.61 Å². The number of hydrogen-bond donors (Lipinski definition) is 0. The van der Waals surface area contributed by atoms with E-state index in [-0.39, 0.29) is 11.7 Å². The number of carbonyl (C=O) groups excluding carboxylic acids is 1. The van der Waals surface area contributed by atoms with Gasteiger partial charge in [0.15, 0.2) is 0 Å². The highest BCUT2D eigenvalue weighted by molar-refractivity contribution is 5.97. The van der Waals surface area contributed by atoms with E-state index in [1.165, 1.54) is 6.08 Å². The number of carbonyl (C=O) groups is 1. The molecule has 24 heavy (non-hydrogen) atoms. The zero-order chi connectivity index (χ0) is 17.4. The van der Waals surface area contributed by atoms with Gasteiger partial charge in [0.25, 0.3) is 0 Å². The second-order valence-corrected chi connectivity index (χ2v) is 5.47. The summed E-state index contributed by atoms with van der Waals surface area (Å²) in [6.45, 7) is 3.97. The van der Waals surface area contributed by atoms with Crippen molar-refractivity contribution in [2.75, 3.05) is 0 Å². The molecule has 4 nitrogen and oxygen atoms in total. The Hall–Kier alpha value is -3.06. The largest absolute Gasteiger partial charge is 0.489 e. The fraction of sp³-hybridized carbons (Fsp3) is 0.200. The molecule has 2 rings (SSSR count). The summed E-state index contributed by atoms with van der Waals surface area (Å²) in [4.78, 5) is 11.8. The van der Waals surface area contributed by atoms with Gasteiger partial charge in [-0.2, -0.15) is 5.26 Å². The predicted molar refractivity (Wildman–Crippen MR) is 92.0 cm³/mol. The summed E-state index contributed by atoms with van der Waals surface area (Å²) >= 11 is 0. The van der Waals surface area contributed by atoms with E-state index >= 15 is 0 Å². The fourth-order valence-corrected chi connectivity index (χ4v) is 1.98. The Balaban J connectivity index is 2.01. The molecule has 122 valence electrons. The number of hydrogen-bond acceptors (Lipinski definition) is 4. The highest BCUT2D eigenvalue weighted by Crippen LogP contribution is 2.16. The predicted octanol–water partition coefficient (Wildman–Crippen LogP) is 4.12. The maximum Gasteiger partial charge on any atom is 0.349 e. The smallest absolute Gasteiger partial charge is 0.349 e. The molecular weight excluding hydrogens is 302 g/mol. The van der Waals surface area contributed by atoms with E-state index in [0.717, 1.165) is 16.9 Å². The molecule has 0 atom stereocenters. The molecular formula is C20H19NO3. The summed E-state index contributed by atoms with van der Waals surface area (Å²) < 4.78 is 10.7. The lowest BCUT2D eigenvalue weighted by Crippen LogP contribution is -2.12. The van der Waals surface area contributed by atoms with Crippen molar-refractivity contribution in [3.8, 4) is 11.8 Å². The maximum atomic E-state index is 11.8. The molecule has 0 amide bonds. The van der Waals surface area contributed by atoms with Crippen LogP contribution in [0.4, 0.5) is 0 Å². The summed E-state index contributed by atoms with van der Waals surface area (Å²) in [6.07, 6.45) is 1.24. The Bertz CT molecular complexity index is 741. The molecule has 0 radical (unpaired) electrons. The van der Waals surface area contributed by atoms with Gasteiger partial charge in [-0.25, -0.2) is 4.79 Å². The third kappa shape index (κ3) is 5.29. The lowest BCUT2D eigenvalue weighted by atomic mass is 10.1. The minimum absolute atomic E-state index is 0.0262. The van der Waals surface area contributed by atoms with Crippen LogP contribution in [0.5, 0.6) is 5.75 Å². The highest BCUT2D eigenvalue weighted by Gasteiger charge is 2.12. The monoisotopic (exact) mass is 321 g/mol. The number of rotatable bonds is 6. The van der Waals surface area contributed by atoms with Crippen LogP contribution < -0.4 is 4.74 Å². The second-order valence-electron chi connectivity index (χ2n) is 5.47. The van der Waals surface area contributed by atoms with Gasteiger partial charge in [0.1, 0.15) is 24.0 Å². The van der Waals surface area contributed by atoms with Crippen LogP contribution in [0.2, 0.25) is 0 Å². The van der Waals surface area contributed by atoms with Gasteiger partial charge in [0, 0.05) is 0 Å². The summed E-state index contributed by atoms with van der Waals surface area (Å²) in [5, 5.41) is 9.09. The van der Waals surface area contributed by atoms with Crippen molar-refractivity contribution >= 4 is 12.0 Å². The van der Waals surface area contributed by atoms with Gasteiger partial charge >= 0.3 is 5.97 Å². The fourth-order valence-electron chi connectivity index (χ4n) is 1.98. The molecule has 0 aliphatic heterocycles. The Labute approximate surface area is 141 Å². The number of nitriles is 1. The van der Waals surface area contributed by atoms with Crippen LogP contribution in [0.15, 0.2) is 60.2 Å². The molecule has 0 spiro atoms. The third-order valence-electron chi connectivity index (χ3n) is 3.12. The molecule has 2 aromatic carbocycles. The van der Waals surface area contributed by atoms with Crippen molar-refractivity contribution in [1.29, 1.82) is 5.26 Å². The maximum absolute atomic E-state index is 11.8. The van der Waals surface area contributed by atoms with Gasteiger partial charge in [-0.05, 0) is 43.2 Å². The van der Waals surface area contributed by atoms with Crippen LogP contribution in [0, 0.1) is 11.3 Å². The van der Waals surface area contributed by atoms with Gasteiger partial charge in [0.05, 0.1) is 6.10 Å². The van der Waals surface area contributed by atoms with E-state index < -0.39 is 5.97 Å². The lowest BCUT2D eigenvalue weighted by molar-refractivity contribution is -0.142. The minimum atomic E-state index is -0.614. The van der Waals surface area contributed by atoms with Crippen LogP contribution in [-0.2, 0) is 16.1 Å². The topological polar surface area (TPSA) is 59.3 Å². The van der Waals surface area contributed by atoms with Gasteiger partial charge in [-0.3, -0.25) is 0 Å². The Morgan fingerprint density at radius 1 is 1.12 bits per heavy atom. The summed E-state index contributed by atoms with van der Waals surface area (Å²) in [7, 11) is 0. The van der Waals surface area contributed by atoms with Crippen molar-refractivity contribution in [2.45, 2.75) is 26.6 Å². The van der Waals surface area contributed by atoms with E-state index in [9.17, 15) is 4.79 Å². The zero-order valence-corrected chi connectivity index (χ0v) is 13.7. The average molecular weight is 321 g/mol. The Morgan fingerprint density at radius 3 is 2.38 bits per heavy atom. The van der Waals surface area contributed by atoms with Gasteiger partial charge in [-0.1, -0.05) is 42.5 Å². The van der Waals surface area contributed by atoms with Crippen molar-refractivity contribution in [3.63, 3.8) is 0 Å². The SMILES string of the molecule is CC(C)OC(=O)C(C#N)=Cc1ccc(OCc2ccccc2)cc1. The number of esters is 1. The molecule has 2 aromatic rings. The third-order valence-corrected chi connectivity index (χ3v) is 3.12. The van der Waals surface area contributed by atoms with Crippen LogP contribution in [0.25, 0.3) is 6.08 Å². The van der Waals surface area contributed by atoms with E-state index in [1.807, 2.05) is 36.4 Å². The minimum Gasteiger partial charge on any atom is -0.489 e. The van der Waals surface area contributed by atoms with Crippen LogP contribution in [0.1, 0.15) is 25.0 Å². The van der Waals surface area contributed by atoms with Gasteiger partial charge in [0.2, 0.25) is 0 Å². The standard InChI is InChI=1S/C20H19NO3/c1-15(2)24-20(22)18(13-21)12-16-8-10-19(11-9-16)23-14-17-6-4-3-5-7-17/h3-12,15H,14H2,1-2H3. The zero-order valence-electron chi connectivity index (χ0n) is 13.7. The molecule has 0 N–H and O–H groups in total. The summed E-state index contributed by atoms with van der Waals surface area (Å²) in [6, 6.07) is 18.9. The quantitative estimate of drug-likeness (QED) is 0.456. The van der Waals surface area contributed by atoms with Crippen molar-refractivity contribution < 1.29 is 14.3 Å². The molecule has 0 saturated heterocycles. The van der Waals surface area contributed by atoms with Crippen LogP contribution in [-0.4, -0.2) is 12.1 Å². The van der Waals surface area contributed by atoms with Crippen LogP contribution in [0.3, 0.4) is 0 Å². The molecule has 0 heterocycles. The van der Waals surface area contributed by atoms with E-state index in [2.05, 4.69) is 0 Å². The number of benzene rings is 2. The van der Waals surface area contributed by atoms with Gasteiger partial charge in [-0.15, -0.1) is 0 Å². The van der Waals surface area contributed by atoms with Crippen molar-refractivity contribution in [3.05, 3.63) is 71.3 Å². The van der Waals surface area contributed by atoms with Crippen LogP contribution >= 0.6 is 0 Å². The van der Waals surface area contributed by atoms with E-state index in [4.69, 9.17) is 14.7 Å². The summed E-state index contributed by atoms with van der Waals surface area (Å²) in [5.74, 6) is 0.108. The molecule has 0 fully saturated rings. The number of nitrogens with zero attached hydrogens (tertiary/aromatic N) is 1. The normalized spacial score (nSPS) is 11.0. The van der Waals surface area contributed by atoms with E-state index in [1.54, 1.807) is 38.1 Å². The molecule has 0 bridgehead atoms. The summed E-state index contributed by atoms with van der Waals surface area (Å²) in [5.41, 5.74) is 1.80. The first-order valence-electron chi connectivity index (χ1n) is 7.68. The average Bonchev–Trinajstić information content (AvgIpc) is 2.59. The molecule has 0 unspecified atom stereocenters. The Morgan fingerprint density at radius 2 is 1.79 bits per heavy atom. The van der Waals surface area contributed by atoms with Gasteiger partial charge < -0.3 is 9.47 Å². The first kappa shape index (κ1) is 17.3. The first-order valence-corrected chi connectivity index (χ1v) is 7.68. The molecule has 4 heteroatoms. The van der Waals surface area contributed by atoms with Crippen molar-refractivity contribution in [1.82, 2.24) is 0 Å². The highest BCUT2D eigenvalue weighted by atomic mass is 16.5. The number of ether oxygens (including phenoxy) is 2. The van der Waals surface area contributed by atoms with Crippen molar-refractivity contribution in [2.24, 2.45) is 0 Å². The Kier molecular flexibility index (Phi) is 6.16. The molecule has 0 saturated carbocycles.